The highest BCUT2D eigenvalue weighted by Crippen LogP contribution is 2.34. The first-order chi connectivity index (χ1) is 16.4. The molecule has 0 unspecified atom stereocenters. The molecule has 0 spiro atoms. The Morgan fingerprint density at radius 2 is 1.76 bits per heavy atom. The number of aromatic nitrogens is 2. The van der Waals surface area contributed by atoms with Gasteiger partial charge in [-0.15, -0.1) is 0 Å². The van der Waals surface area contributed by atoms with Crippen LogP contribution < -0.4 is 4.74 Å². The van der Waals surface area contributed by atoms with Crippen molar-refractivity contribution in [1.29, 1.82) is 0 Å². The summed E-state index contributed by atoms with van der Waals surface area (Å²) in [5, 5.41) is 15.4. The smallest absolute Gasteiger partial charge is 0.222 e. The van der Waals surface area contributed by atoms with E-state index in [0.29, 0.717) is 43.9 Å². The third-order valence-electron chi connectivity index (χ3n) is 5.32. The number of aliphatic hydroxyl groups excluding tert-OH is 1. The molecule has 6 nitrogen and oxygen atoms in total. The number of ether oxygens (including phenoxy) is 2. The Hall–Kier alpha value is -2.74. The molecule has 0 aliphatic carbocycles. The Morgan fingerprint density at radius 3 is 2.41 bits per heavy atom. The van der Waals surface area contributed by atoms with Gasteiger partial charge in [0, 0.05) is 32.3 Å². The quantitative estimate of drug-likeness (QED) is 0.370. The average Bonchev–Trinajstić information content (AvgIpc) is 3.10. The second-order valence-electron chi connectivity index (χ2n) is 9.00. The van der Waals surface area contributed by atoms with E-state index in [1.54, 1.807) is 16.8 Å². The zero-order valence-electron chi connectivity index (χ0n) is 20.6. The first-order valence-electron chi connectivity index (χ1n) is 11.9. The fourth-order valence-electron chi connectivity index (χ4n) is 3.83. The van der Waals surface area contributed by atoms with E-state index in [2.05, 4.69) is 25.7 Å². The van der Waals surface area contributed by atoms with Gasteiger partial charge in [-0.25, -0.2) is 9.07 Å². The Bertz CT molecular complexity index is 1010. The minimum absolute atomic E-state index is 0.302. The molecule has 1 N–H and O–H groups in total. The molecule has 0 aliphatic rings. The van der Waals surface area contributed by atoms with Crippen molar-refractivity contribution in [3.63, 3.8) is 0 Å². The molecule has 0 saturated carbocycles. The van der Waals surface area contributed by atoms with Crippen LogP contribution in [-0.4, -0.2) is 52.2 Å². The van der Waals surface area contributed by atoms with Crippen LogP contribution in [-0.2, 0) is 18.3 Å². The van der Waals surface area contributed by atoms with E-state index in [1.165, 1.54) is 12.1 Å². The Balaban J connectivity index is 1.88. The normalized spacial score (nSPS) is 12.5. The lowest BCUT2D eigenvalue weighted by Gasteiger charge is -2.25. The Kier molecular flexibility index (Phi) is 9.62. The highest BCUT2D eigenvalue weighted by molar-refractivity contribution is 5.65. The van der Waals surface area contributed by atoms with Crippen molar-refractivity contribution in [3.8, 4) is 22.9 Å². The van der Waals surface area contributed by atoms with Crippen molar-refractivity contribution < 1.29 is 19.0 Å². The van der Waals surface area contributed by atoms with Crippen molar-refractivity contribution >= 4 is 0 Å². The van der Waals surface area contributed by atoms with Crippen LogP contribution in [0.1, 0.15) is 32.8 Å². The average molecular weight is 470 g/mol. The standard InChI is InChI=1S/C27H36FN3O3/c1-5-15-31(16-23(32)19-33-18-20(2)3)17-25-26(21-9-7-6-8-10-21)29-30(4)27(25)34-24-13-11-22(28)12-14-24/h6-14,20,23,32H,5,15-19H2,1-4H3/t23-/m0/s1. The molecule has 3 aromatic rings. The van der Waals surface area contributed by atoms with Gasteiger partial charge < -0.3 is 14.6 Å². The molecule has 2 aromatic carbocycles. The predicted octanol–water partition coefficient (Wildman–Crippen LogP) is 5.26. The van der Waals surface area contributed by atoms with E-state index in [4.69, 9.17) is 14.6 Å². The van der Waals surface area contributed by atoms with Crippen LogP contribution in [0.4, 0.5) is 4.39 Å². The summed E-state index contributed by atoms with van der Waals surface area (Å²) >= 11 is 0. The summed E-state index contributed by atoms with van der Waals surface area (Å²) in [7, 11) is 1.84. The molecule has 0 fully saturated rings. The number of benzene rings is 2. The number of aliphatic hydroxyl groups is 1. The number of hydrogen-bond donors (Lipinski definition) is 1. The van der Waals surface area contributed by atoms with E-state index >= 15 is 0 Å². The van der Waals surface area contributed by atoms with Crippen molar-refractivity contribution in [2.45, 2.75) is 39.8 Å². The van der Waals surface area contributed by atoms with Crippen molar-refractivity contribution in [2.75, 3.05) is 26.3 Å². The van der Waals surface area contributed by atoms with Gasteiger partial charge >= 0.3 is 0 Å². The largest absolute Gasteiger partial charge is 0.439 e. The molecule has 34 heavy (non-hydrogen) atoms. The Morgan fingerprint density at radius 1 is 1.06 bits per heavy atom. The maximum atomic E-state index is 13.4. The second-order valence-corrected chi connectivity index (χ2v) is 9.00. The number of hydrogen-bond acceptors (Lipinski definition) is 5. The van der Waals surface area contributed by atoms with E-state index in [-0.39, 0.29) is 5.82 Å². The molecule has 184 valence electrons. The van der Waals surface area contributed by atoms with Crippen LogP contribution in [0.5, 0.6) is 11.6 Å². The van der Waals surface area contributed by atoms with Gasteiger partial charge in [-0.05, 0) is 43.1 Å². The zero-order chi connectivity index (χ0) is 24.5. The maximum Gasteiger partial charge on any atom is 0.222 e. The zero-order valence-corrected chi connectivity index (χ0v) is 20.6. The van der Waals surface area contributed by atoms with E-state index in [0.717, 1.165) is 29.8 Å². The van der Waals surface area contributed by atoms with Crippen molar-refractivity contribution in [1.82, 2.24) is 14.7 Å². The minimum atomic E-state index is -0.594. The number of aryl methyl sites for hydroxylation is 1. The first-order valence-corrected chi connectivity index (χ1v) is 11.9. The van der Waals surface area contributed by atoms with Crippen LogP contribution in [0.25, 0.3) is 11.3 Å². The monoisotopic (exact) mass is 469 g/mol. The molecular formula is C27H36FN3O3. The van der Waals surface area contributed by atoms with Gasteiger partial charge in [-0.3, -0.25) is 4.90 Å². The summed E-state index contributed by atoms with van der Waals surface area (Å²) in [4.78, 5) is 2.20. The molecule has 3 rings (SSSR count). The first kappa shape index (κ1) is 25.9. The van der Waals surface area contributed by atoms with Crippen LogP contribution in [0.2, 0.25) is 0 Å². The lowest BCUT2D eigenvalue weighted by molar-refractivity contribution is 0.00685. The number of rotatable bonds is 13. The molecule has 0 aliphatic heterocycles. The van der Waals surface area contributed by atoms with Gasteiger partial charge in [0.05, 0.1) is 18.3 Å². The summed E-state index contributed by atoms with van der Waals surface area (Å²) < 4.78 is 27.0. The molecule has 1 aromatic heterocycles. The minimum Gasteiger partial charge on any atom is -0.439 e. The Labute approximate surface area is 201 Å². The summed E-state index contributed by atoms with van der Waals surface area (Å²) in [6, 6.07) is 15.9. The van der Waals surface area contributed by atoms with Gasteiger partial charge in [0.1, 0.15) is 17.3 Å². The third-order valence-corrected chi connectivity index (χ3v) is 5.32. The van der Waals surface area contributed by atoms with Gasteiger partial charge in [0.2, 0.25) is 5.88 Å². The van der Waals surface area contributed by atoms with Gasteiger partial charge in [-0.1, -0.05) is 51.1 Å². The molecule has 0 bridgehead atoms. The summed E-state index contributed by atoms with van der Waals surface area (Å²) in [5.41, 5.74) is 2.73. The molecule has 0 amide bonds. The molecule has 1 atom stereocenters. The maximum absolute atomic E-state index is 13.4. The summed E-state index contributed by atoms with van der Waals surface area (Å²) in [6.45, 7) is 9.05. The third kappa shape index (κ3) is 7.38. The number of nitrogens with zero attached hydrogens (tertiary/aromatic N) is 3. The fourth-order valence-corrected chi connectivity index (χ4v) is 3.83. The van der Waals surface area contributed by atoms with Crippen LogP contribution in [0.3, 0.4) is 0 Å². The highest BCUT2D eigenvalue weighted by Gasteiger charge is 2.23. The van der Waals surface area contributed by atoms with E-state index in [1.807, 2.05) is 37.4 Å². The van der Waals surface area contributed by atoms with Crippen molar-refractivity contribution in [2.24, 2.45) is 13.0 Å². The topological polar surface area (TPSA) is 59.8 Å². The van der Waals surface area contributed by atoms with Gasteiger partial charge in [0.25, 0.3) is 0 Å². The summed E-state index contributed by atoms with van der Waals surface area (Å²) in [5.74, 6) is 1.24. The predicted molar refractivity (Wildman–Crippen MR) is 132 cm³/mol. The van der Waals surface area contributed by atoms with Crippen molar-refractivity contribution in [3.05, 3.63) is 66.0 Å². The van der Waals surface area contributed by atoms with Gasteiger partial charge in [0.15, 0.2) is 0 Å². The molecule has 0 radical (unpaired) electrons. The SMILES string of the molecule is CCCN(Cc1c(-c2ccccc2)nn(C)c1Oc1ccc(F)cc1)C[C@H](O)COCC(C)C. The lowest BCUT2D eigenvalue weighted by atomic mass is 10.1. The van der Waals surface area contributed by atoms with Crippen LogP contribution in [0.15, 0.2) is 54.6 Å². The van der Waals surface area contributed by atoms with E-state index in [9.17, 15) is 9.50 Å². The molecular weight excluding hydrogens is 433 g/mol. The lowest BCUT2D eigenvalue weighted by Crippen LogP contribution is -2.35. The van der Waals surface area contributed by atoms with Crippen LogP contribution in [0, 0.1) is 11.7 Å². The fraction of sp³-hybridized carbons (Fsp3) is 0.444. The molecule has 7 heteroatoms. The number of halogens is 1. The van der Waals surface area contributed by atoms with Crippen LogP contribution >= 0.6 is 0 Å². The van der Waals surface area contributed by atoms with Gasteiger partial charge in [-0.2, -0.15) is 5.10 Å². The summed E-state index contributed by atoms with van der Waals surface area (Å²) in [6.07, 6.45) is 0.345. The molecule has 0 saturated heterocycles. The highest BCUT2D eigenvalue weighted by atomic mass is 19.1. The van der Waals surface area contributed by atoms with E-state index < -0.39 is 6.10 Å². The second kappa shape index (κ2) is 12.6. The molecule has 1 heterocycles.